The third kappa shape index (κ3) is 7.96. The molecule has 0 aliphatic heterocycles. The number of nitrogens with two attached hydrogens (primary N) is 1. The Bertz CT molecular complexity index is 935. The van der Waals surface area contributed by atoms with Crippen molar-refractivity contribution in [2.45, 2.75) is 46.0 Å². The van der Waals surface area contributed by atoms with Crippen molar-refractivity contribution in [3.8, 4) is 11.3 Å². The largest absolute Gasteiger partial charge is 0.451 e. The van der Waals surface area contributed by atoms with Gasteiger partial charge in [-0.25, -0.2) is 5.90 Å². The molecule has 174 valence electrons. The second-order valence-corrected chi connectivity index (χ2v) is 7.51. The number of rotatable bonds is 8. The SMILES string of the molecule is CCc1cccc(C(CC)CCNC(=O)c2ccc(-c3ccc(C)cc3)o2)c1.CON.O. The second kappa shape index (κ2) is 14.2. The van der Waals surface area contributed by atoms with Crippen molar-refractivity contribution < 1.29 is 19.5 Å². The van der Waals surface area contributed by atoms with Crippen LogP contribution in [0.5, 0.6) is 0 Å². The Labute approximate surface area is 191 Å². The third-order valence-electron chi connectivity index (χ3n) is 5.27. The molecule has 6 heteroatoms. The maximum atomic E-state index is 12.4. The molecule has 32 heavy (non-hydrogen) atoms. The van der Waals surface area contributed by atoms with Gasteiger partial charge in [0.1, 0.15) is 5.76 Å². The van der Waals surface area contributed by atoms with E-state index >= 15 is 0 Å². The van der Waals surface area contributed by atoms with Gasteiger partial charge in [-0.3, -0.25) is 4.79 Å². The molecule has 0 fully saturated rings. The number of furan rings is 1. The van der Waals surface area contributed by atoms with Crippen LogP contribution in [0.3, 0.4) is 0 Å². The summed E-state index contributed by atoms with van der Waals surface area (Å²) < 4.78 is 5.76. The van der Waals surface area contributed by atoms with Gasteiger partial charge in [-0.2, -0.15) is 0 Å². The van der Waals surface area contributed by atoms with Crippen LogP contribution < -0.4 is 11.2 Å². The maximum absolute atomic E-state index is 12.4. The Morgan fingerprint density at radius 2 is 1.78 bits per heavy atom. The summed E-state index contributed by atoms with van der Waals surface area (Å²) in [7, 11) is 1.40. The molecule has 6 nitrogen and oxygen atoms in total. The zero-order valence-electron chi connectivity index (χ0n) is 19.5. The molecular weight excluding hydrogens is 404 g/mol. The Morgan fingerprint density at radius 1 is 1.09 bits per heavy atom. The standard InChI is InChI=1S/C25H29NO2.CH5NO.H2O/c1-4-19-7-6-8-22(17-19)20(5-2)15-16-26-25(27)24-14-13-23(28-24)21-11-9-18(3)10-12-21;1-3-2;/h6-14,17,20H,4-5,15-16H2,1-3H3,(H,26,27);2H2,1H3;1H2. The molecule has 2 aromatic carbocycles. The van der Waals surface area contributed by atoms with Crippen molar-refractivity contribution in [2.75, 3.05) is 13.7 Å². The summed E-state index contributed by atoms with van der Waals surface area (Å²) in [4.78, 5) is 16.2. The minimum atomic E-state index is -0.157. The summed E-state index contributed by atoms with van der Waals surface area (Å²) in [6.45, 7) is 7.06. The molecule has 1 atom stereocenters. The number of nitrogens with one attached hydrogen (secondary N) is 1. The van der Waals surface area contributed by atoms with Gasteiger partial charge in [0.25, 0.3) is 5.91 Å². The van der Waals surface area contributed by atoms with E-state index in [9.17, 15) is 4.79 Å². The molecule has 5 N–H and O–H groups in total. The van der Waals surface area contributed by atoms with Crippen LogP contribution in [-0.2, 0) is 11.3 Å². The molecule has 0 radical (unpaired) electrons. The molecule has 1 aromatic heterocycles. The first-order chi connectivity index (χ1) is 15.0. The fraction of sp³-hybridized carbons (Fsp3) is 0.346. The number of hydrogen-bond acceptors (Lipinski definition) is 4. The number of hydrogen-bond donors (Lipinski definition) is 2. The predicted molar refractivity (Wildman–Crippen MR) is 129 cm³/mol. The van der Waals surface area contributed by atoms with E-state index in [2.05, 4.69) is 54.2 Å². The average molecular weight is 441 g/mol. The van der Waals surface area contributed by atoms with Crippen LogP contribution in [0.1, 0.15) is 59.9 Å². The predicted octanol–water partition coefficient (Wildman–Crippen LogP) is 4.81. The van der Waals surface area contributed by atoms with Crippen LogP contribution in [0.2, 0.25) is 0 Å². The molecule has 0 saturated carbocycles. The fourth-order valence-electron chi connectivity index (χ4n) is 3.45. The van der Waals surface area contributed by atoms with Crippen molar-refractivity contribution in [3.05, 3.63) is 83.1 Å². The Balaban J connectivity index is 0.00000121. The van der Waals surface area contributed by atoms with Gasteiger partial charge in [0, 0.05) is 12.1 Å². The minimum absolute atomic E-state index is 0. The molecule has 1 unspecified atom stereocenters. The molecule has 0 aliphatic carbocycles. The lowest BCUT2D eigenvalue weighted by Gasteiger charge is -2.16. The van der Waals surface area contributed by atoms with E-state index in [1.54, 1.807) is 6.07 Å². The molecule has 0 spiro atoms. The Kier molecular flexibility index (Phi) is 12.0. The van der Waals surface area contributed by atoms with Crippen molar-refractivity contribution in [1.82, 2.24) is 5.32 Å². The van der Waals surface area contributed by atoms with Crippen molar-refractivity contribution >= 4 is 5.91 Å². The van der Waals surface area contributed by atoms with Gasteiger partial charge in [0.2, 0.25) is 0 Å². The van der Waals surface area contributed by atoms with E-state index in [1.165, 1.54) is 23.8 Å². The molecule has 0 aliphatic rings. The van der Waals surface area contributed by atoms with Gasteiger partial charge in [-0.05, 0) is 55.4 Å². The summed E-state index contributed by atoms with van der Waals surface area (Å²) in [5.74, 6) is 5.71. The molecular formula is C26H36N2O4. The smallest absolute Gasteiger partial charge is 0.287 e. The first-order valence-corrected chi connectivity index (χ1v) is 10.8. The first kappa shape index (κ1) is 27.1. The zero-order chi connectivity index (χ0) is 22.6. The quantitative estimate of drug-likeness (QED) is 0.490. The average Bonchev–Trinajstić information content (AvgIpc) is 3.28. The number of amides is 1. The van der Waals surface area contributed by atoms with Gasteiger partial charge in [-0.1, -0.05) is 67.9 Å². The van der Waals surface area contributed by atoms with Crippen LogP contribution in [0.4, 0.5) is 0 Å². The highest BCUT2D eigenvalue weighted by molar-refractivity contribution is 5.92. The van der Waals surface area contributed by atoms with E-state index in [4.69, 9.17) is 4.42 Å². The molecule has 0 saturated heterocycles. The molecule has 0 bridgehead atoms. The topological polar surface area (TPSA) is 109 Å². The fourth-order valence-corrected chi connectivity index (χ4v) is 3.45. The maximum Gasteiger partial charge on any atom is 0.287 e. The van der Waals surface area contributed by atoms with E-state index in [-0.39, 0.29) is 11.4 Å². The van der Waals surface area contributed by atoms with Crippen LogP contribution in [0.25, 0.3) is 11.3 Å². The van der Waals surface area contributed by atoms with Gasteiger partial charge < -0.3 is 20.0 Å². The number of aryl methyl sites for hydroxylation is 2. The summed E-state index contributed by atoms with van der Waals surface area (Å²) >= 11 is 0. The van der Waals surface area contributed by atoms with E-state index in [1.807, 2.05) is 37.3 Å². The Hall–Kier alpha value is -2.93. The van der Waals surface area contributed by atoms with E-state index in [0.717, 1.165) is 24.8 Å². The zero-order valence-corrected chi connectivity index (χ0v) is 19.5. The number of carbonyl (C=O) groups excluding carboxylic acids is 1. The number of benzene rings is 2. The van der Waals surface area contributed by atoms with Gasteiger partial charge >= 0.3 is 0 Å². The van der Waals surface area contributed by atoms with Crippen LogP contribution >= 0.6 is 0 Å². The lowest BCUT2D eigenvalue weighted by atomic mass is 9.91. The van der Waals surface area contributed by atoms with Crippen LogP contribution in [0, 0.1) is 6.92 Å². The highest BCUT2D eigenvalue weighted by atomic mass is 16.6. The molecule has 3 rings (SSSR count). The lowest BCUT2D eigenvalue weighted by molar-refractivity contribution is 0.0925. The van der Waals surface area contributed by atoms with E-state index in [0.29, 0.717) is 24.0 Å². The summed E-state index contributed by atoms with van der Waals surface area (Å²) in [5, 5.41) is 3.00. The van der Waals surface area contributed by atoms with Gasteiger partial charge in [0.15, 0.2) is 5.76 Å². The van der Waals surface area contributed by atoms with Crippen LogP contribution in [-0.4, -0.2) is 25.0 Å². The summed E-state index contributed by atoms with van der Waals surface area (Å²) in [6.07, 6.45) is 3.02. The van der Waals surface area contributed by atoms with Crippen LogP contribution in [0.15, 0.2) is 65.1 Å². The molecule has 1 amide bonds. The van der Waals surface area contributed by atoms with Crippen molar-refractivity contribution in [3.63, 3.8) is 0 Å². The minimum Gasteiger partial charge on any atom is -0.451 e. The summed E-state index contributed by atoms with van der Waals surface area (Å²) in [5.41, 5.74) is 4.89. The van der Waals surface area contributed by atoms with Crippen molar-refractivity contribution in [1.29, 1.82) is 0 Å². The molecule has 1 heterocycles. The number of carbonyl (C=O) groups is 1. The highest BCUT2D eigenvalue weighted by Gasteiger charge is 2.14. The van der Waals surface area contributed by atoms with E-state index < -0.39 is 0 Å². The lowest BCUT2D eigenvalue weighted by Crippen LogP contribution is -2.25. The van der Waals surface area contributed by atoms with Crippen molar-refractivity contribution in [2.24, 2.45) is 5.90 Å². The Morgan fingerprint density at radius 3 is 2.41 bits per heavy atom. The van der Waals surface area contributed by atoms with Gasteiger partial charge in [-0.15, -0.1) is 0 Å². The van der Waals surface area contributed by atoms with Gasteiger partial charge in [0.05, 0.1) is 7.11 Å². The third-order valence-corrected chi connectivity index (χ3v) is 5.27. The highest BCUT2D eigenvalue weighted by Crippen LogP contribution is 2.25. The monoisotopic (exact) mass is 440 g/mol. The normalized spacial score (nSPS) is 11.0. The summed E-state index contributed by atoms with van der Waals surface area (Å²) in [6, 6.07) is 20.5. The molecule has 3 aromatic rings. The second-order valence-electron chi connectivity index (χ2n) is 7.51. The first-order valence-electron chi connectivity index (χ1n) is 10.8.